The Labute approximate surface area is 173 Å². The minimum Gasteiger partial charge on any atom is -0.376 e. The van der Waals surface area contributed by atoms with E-state index >= 15 is 0 Å². The van der Waals surface area contributed by atoms with Crippen LogP contribution in [0.1, 0.15) is 38.6 Å². The Balaban J connectivity index is 1.35. The van der Waals surface area contributed by atoms with E-state index in [0.29, 0.717) is 12.6 Å². The number of thioether (sulfide) groups is 1. The quantitative estimate of drug-likeness (QED) is 0.581. The summed E-state index contributed by atoms with van der Waals surface area (Å²) >= 11 is 1.48. The third kappa shape index (κ3) is 3.79. The van der Waals surface area contributed by atoms with Gasteiger partial charge in [-0.25, -0.2) is 0 Å². The number of aromatic nitrogens is 4. The molecule has 0 unspecified atom stereocenters. The van der Waals surface area contributed by atoms with Gasteiger partial charge in [-0.2, -0.15) is 0 Å². The monoisotopic (exact) mass is 411 g/mol. The predicted octanol–water partition coefficient (Wildman–Crippen LogP) is 3.54. The zero-order valence-corrected chi connectivity index (χ0v) is 17.2. The Bertz CT molecular complexity index is 1020. The number of carbonyl (C=O) groups excluding carboxylic acids is 1. The molecule has 3 heterocycles. The molecule has 5 rings (SSSR count). The molecular formula is C21H25N5O2S. The van der Waals surface area contributed by atoms with Crippen LogP contribution < -0.4 is 5.32 Å². The summed E-state index contributed by atoms with van der Waals surface area (Å²) in [5.41, 5.74) is 2.14. The molecule has 1 aliphatic heterocycles. The molecule has 2 fully saturated rings. The van der Waals surface area contributed by atoms with Crippen LogP contribution in [-0.2, 0) is 9.53 Å². The molecule has 29 heavy (non-hydrogen) atoms. The number of carbonyl (C=O) groups is 1. The molecule has 2 atom stereocenters. The second-order valence-electron chi connectivity index (χ2n) is 7.80. The zero-order chi connectivity index (χ0) is 19.8. The van der Waals surface area contributed by atoms with Crippen LogP contribution in [-0.4, -0.2) is 50.2 Å². The van der Waals surface area contributed by atoms with Gasteiger partial charge in [0.15, 0.2) is 11.0 Å². The van der Waals surface area contributed by atoms with E-state index < -0.39 is 0 Å². The van der Waals surface area contributed by atoms with Gasteiger partial charge in [-0.1, -0.05) is 30.0 Å². The highest BCUT2D eigenvalue weighted by molar-refractivity contribution is 8.00. The van der Waals surface area contributed by atoms with Crippen LogP contribution in [0.4, 0.5) is 0 Å². The molecule has 8 heteroatoms. The van der Waals surface area contributed by atoms with E-state index in [4.69, 9.17) is 4.74 Å². The van der Waals surface area contributed by atoms with Gasteiger partial charge in [0.2, 0.25) is 5.91 Å². The minimum atomic E-state index is -0.242. The molecule has 1 amide bonds. The van der Waals surface area contributed by atoms with Crippen molar-refractivity contribution in [3.63, 3.8) is 0 Å². The fourth-order valence-electron chi connectivity index (χ4n) is 3.83. The van der Waals surface area contributed by atoms with Crippen LogP contribution in [0.5, 0.6) is 0 Å². The number of hydrogen-bond donors (Lipinski definition) is 2. The van der Waals surface area contributed by atoms with Crippen LogP contribution in [0.25, 0.3) is 22.3 Å². The molecule has 2 aromatic heterocycles. The molecule has 2 aliphatic rings. The highest BCUT2D eigenvalue weighted by Gasteiger charge is 2.32. The molecule has 2 N–H and O–H groups in total. The smallest absolute Gasteiger partial charge is 0.233 e. The normalized spacial score (nSPS) is 20.2. The van der Waals surface area contributed by atoms with Crippen molar-refractivity contribution >= 4 is 28.6 Å². The lowest BCUT2D eigenvalue weighted by atomic mass is 10.1. The van der Waals surface area contributed by atoms with Gasteiger partial charge < -0.3 is 15.0 Å². The minimum absolute atomic E-state index is 0.0180. The molecule has 3 aromatic rings. The summed E-state index contributed by atoms with van der Waals surface area (Å²) in [6.45, 7) is 3.30. The van der Waals surface area contributed by atoms with E-state index in [-0.39, 0.29) is 17.3 Å². The molecular weight excluding hydrogens is 386 g/mol. The standard InChI is InChI=1S/C21H25N5O2S/c1-13(20(27)23-11-15-5-4-10-28-15)29-21-25-24-19(26(21)14-8-9-14)17-12-22-18-7-3-2-6-16(17)18/h2-3,6-7,12-15,22H,4-5,8-11H2,1H3,(H,23,27)/t13-,15-/m1/s1. The number of nitrogens with one attached hydrogen (secondary N) is 2. The van der Waals surface area contributed by atoms with Crippen LogP contribution in [0.2, 0.25) is 0 Å². The Kier molecular flexibility index (Phi) is 5.05. The van der Waals surface area contributed by atoms with Gasteiger partial charge >= 0.3 is 0 Å². The average molecular weight is 412 g/mol. The first kappa shape index (κ1) is 18.7. The fraction of sp³-hybridized carbons (Fsp3) is 0.476. The van der Waals surface area contributed by atoms with E-state index in [1.165, 1.54) is 11.8 Å². The van der Waals surface area contributed by atoms with Gasteiger partial charge in [-0.3, -0.25) is 9.36 Å². The largest absolute Gasteiger partial charge is 0.376 e. The second-order valence-corrected chi connectivity index (χ2v) is 9.10. The number of fused-ring (bicyclic) bond motifs is 1. The molecule has 7 nitrogen and oxygen atoms in total. The number of ether oxygens (including phenoxy) is 1. The predicted molar refractivity (Wildman–Crippen MR) is 113 cm³/mol. The van der Waals surface area contributed by atoms with E-state index in [0.717, 1.165) is 59.7 Å². The van der Waals surface area contributed by atoms with E-state index in [1.54, 1.807) is 0 Å². The molecule has 1 aliphatic carbocycles. The van der Waals surface area contributed by atoms with Gasteiger partial charge in [0.05, 0.1) is 11.4 Å². The van der Waals surface area contributed by atoms with E-state index in [2.05, 4.69) is 37.2 Å². The van der Waals surface area contributed by atoms with Crippen molar-refractivity contribution < 1.29 is 9.53 Å². The van der Waals surface area contributed by atoms with Crippen molar-refractivity contribution in [2.24, 2.45) is 0 Å². The van der Waals surface area contributed by atoms with Crippen molar-refractivity contribution in [3.8, 4) is 11.4 Å². The lowest BCUT2D eigenvalue weighted by Gasteiger charge is -2.15. The maximum Gasteiger partial charge on any atom is 0.233 e. The number of nitrogens with zero attached hydrogens (tertiary/aromatic N) is 3. The number of H-pyrrole nitrogens is 1. The Hall–Kier alpha value is -2.32. The van der Waals surface area contributed by atoms with Crippen molar-refractivity contribution in [2.75, 3.05) is 13.2 Å². The van der Waals surface area contributed by atoms with E-state index in [9.17, 15) is 4.79 Å². The maximum atomic E-state index is 12.6. The van der Waals surface area contributed by atoms with Gasteiger partial charge in [0.25, 0.3) is 0 Å². The lowest BCUT2D eigenvalue weighted by molar-refractivity contribution is -0.120. The summed E-state index contributed by atoms with van der Waals surface area (Å²) in [5, 5.41) is 13.7. The zero-order valence-electron chi connectivity index (χ0n) is 16.4. The van der Waals surface area contributed by atoms with Gasteiger partial charge in [-0.05, 0) is 38.7 Å². The van der Waals surface area contributed by atoms with Crippen LogP contribution in [0.15, 0.2) is 35.6 Å². The second kappa shape index (κ2) is 7.84. The average Bonchev–Trinajstić information content (AvgIpc) is 3.13. The van der Waals surface area contributed by atoms with Crippen LogP contribution in [0, 0.1) is 0 Å². The van der Waals surface area contributed by atoms with Crippen molar-refractivity contribution in [3.05, 3.63) is 30.5 Å². The maximum absolute atomic E-state index is 12.6. The van der Waals surface area contributed by atoms with Crippen molar-refractivity contribution in [1.29, 1.82) is 0 Å². The SMILES string of the molecule is C[C@@H](Sc1nnc(-c2c[nH]c3ccccc23)n1C1CC1)C(=O)NC[C@H]1CCCO1. The topological polar surface area (TPSA) is 84.8 Å². The fourth-order valence-corrected chi connectivity index (χ4v) is 4.78. The summed E-state index contributed by atoms with van der Waals surface area (Å²) < 4.78 is 7.80. The molecule has 1 saturated carbocycles. The molecule has 1 aromatic carbocycles. The first-order chi connectivity index (χ1) is 14.2. The number of amides is 1. The Morgan fingerprint density at radius 3 is 3.00 bits per heavy atom. The molecule has 0 bridgehead atoms. The first-order valence-corrected chi connectivity index (χ1v) is 11.2. The molecule has 0 radical (unpaired) electrons. The Morgan fingerprint density at radius 2 is 2.21 bits per heavy atom. The summed E-state index contributed by atoms with van der Waals surface area (Å²) in [7, 11) is 0. The Morgan fingerprint density at radius 1 is 1.34 bits per heavy atom. The molecule has 1 saturated heterocycles. The molecule has 152 valence electrons. The number of para-hydroxylation sites is 1. The highest BCUT2D eigenvalue weighted by atomic mass is 32.2. The highest BCUT2D eigenvalue weighted by Crippen LogP contribution is 2.42. The number of rotatable bonds is 7. The third-order valence-electron chi connectivity index (χ3n) is 5.59. The summed E-state index contributed by atoms with van der Waals surface area (Å²) in [6, 6.07) is 8.63. The van der Waals surface area contributed by atoms with E-state index in [1.807, 2.05) is 25.3 Å². The lowest BCUT2D eigenvalue weighted by Crippen LogP contribution is -2.36. The van der Waals surface area contributed by atoms with Gasteiger partial charge in [0, 0.05) is 41.9 Å². The van der Waals surface area contributed by atoms with Gasteiger partial charge in [-0.15, -0.1) is 10.2 Å². The molecule has 0 spiro atoms. The summed E-state index contributed by atoms with van der Waals surface area (Å²) in [5.74, 6) is 0.893. The van der Waals surface area contributed by atoms with Gasteiger partial charge in [0.1, 0.15) is 0 Å². The van der Waals surface area contributed by atoms with Crippen LogP contribution in [0.3, 0.4) is 0 Å². The van der Waals surface area contributed by atoms with Crippen LogP contribution >= 0.6 is 11.8 Å². The summed E-state index contributed by atoms with van der Waals surface area (Å²) in [4.78, 5) is 15.9. The number of hydrogen-bond acceptors (Lipinski definition) is 5. The van der Waals surface area contributed by atoms with Crippen molar-refractivity contribution in [2.45, 2.75) is 55.2 Å². The number of aromatic amines is 1. The number of benzene rings is 1. The summed E-state index contributed by atoms with van der Waals surface area (Å²) in [6.07, 6.45) is 6.50. The third-order valence-corrected chi connectivity index (χ3v) is 6.64. The first-order valence-electron chi connectivity index (χ1n) is 10.3. The van der Waals surface area contributed by atoms with Crippen molar-refractivity contribution in [1.82, 2.24) is 25.1 Å².